The molecule has 1 saturated carbocycles. The van der Waals surface area contributed by atoms with Gasteiger partial charge in [0.25, 0.3) is 5.91 Å². The van der Waals surface area contributed by atoms with Crippen molar-refractivity contribution in [2.75, 3.05) is 26.2 Å². The van der Waals surface area contributed by atoms with Crippen LogP contribution in [0.15, 0.2) is 36.4 Å². The first-order valence-electron chi connectivity index (χ1n) is 16.6. The van der Waals surface area contributed by atoms with Gasteiger partial charge in [0.2, 0.25) is 5.69 Å². The van der Waals surface area contributed by atoms with Gasteiger partial charge < -0.3 is 19.3 Å². The number of hydrogen-bond donors (Lipinski definition) is 0. The van der Waals surface area contributed by atoms with E-state index in [-0.39, 0.29) is 35.0 Å². The lowest BCUT2D eigenvalue weighted by atomic mass is 9.49. The summed E-state index contributed by atoms with van der Waals surface area (Å²) in [6, 6.07) is 11.5. The van der Waals surface area contributed by atoms with E-state index >= 15 is 0 Å². The second kappa shape index (κ2) is 12.1. The minimum atomic E-state index is -0.470. The molecule has 3 heterocycles. The summed E-state index contributed by atoms with van der Waals surface area (Å²) in [6.45, 7) is 25.5. The molecule has 2 aromatic rings. The molecule has 0 bridgehead atoms. The van der Waals surface area contributed by atoms with Crippen molar-refractivity contribution in [1.29, 1.82) is 0 Å². The van der Waals surface area contributed by atoms with Crippen LogP contribution in [0.1, 0.15) is 82.8 Å². The summed E-state index contributed by atoms with van der Waals surface area (Å²) < 4.78 is 12.0. The zero-order valence-electron chi connectivity index (χ0n) is 28.5. The Morgan fingerprint density at radius 1 is 1.04 bits per heavy atom. The number of piperidine rings is 1. The lowest BCUT2D eigenvalue weighted by molar-refractivity contribution is -0.199. The average Bonchev–Trinajstić information content (AvgIpc) is 3.27. The normalized spacial score (nSPS) is 23.9. The number of benzene rings is 2. The van der Waals surface area contributed by atoms with E-state index in [1.165, 1.54) is 0 Å². The van der Waals surface area contributed by atoms with Crippen molar-refractivity contribution in [3.05, 3.63) is 69.5 Å². The molecule has 1 aliphatic carbocycles. The predicted octanol–water partition coefficient (Wildman–Crippen LogP) is 7.41. The SMILES string of the molecule is [C-]#[N+]c1ccc(OC2C(C)(C)C(N3Cc4cc(C#CC5CCN(C6CN(C(=O)OC(C)(C)C)C6)CC5)ccc4C3=O)C2(C)C)cc1Cl. The van der Waals surface area contributed by atoms with Crippen molar-refractivity contribution in [2.24, 2.45) is 16.7 Å². The standard InChI is InChI=1S/C38H45ClN4O4/c1-36(2,3)47-35(45)42-22-27(23-42)41-17-15-24(16-18-41)9-10-25-11-13-29-26(19-25)21-43(32(29)44)33-37(4,5)34(38(33,6)7)46-28-12-14-31(40-8)30(39)20-28/h11-14,19-20,24,27,33-34H,15-18,21-23H2,1-7H3. The lowest BCUT2D eigenvalue weighted by Gasteiger charge is -2.65. The van der Waals surface area contributed by atoms with E-state index in [4.69, 9.17) is 27.6 Å². The number of carbonyl (C=O) groups excluding carboxylic acids is 2. The third-order valence-corrected chi connectivity index (χ3v) is 10.6. The van der Waals surface area contributed by atoms with E-state index in [0.29, 0.717) is 35.0 Å². The van der Waals surface area contributed by atoms with Crippen molar-refractivity contribution in [1.82, 2.24) is 14.7 Å². The van der Waals surface area contributed by atoms with Gasteiger partial charge in [-0.3, -0.25) is 9.69 Å². The second-order valence-corrected chi connectivity index (χ2v) is 16.1. The van der Waals surface area contributed by atoms with E-state index in [1.54, 1.807) is 23.1 Å². The topological polar surface area (TPSA) is 66.7 Å². The lowest BCUT2D eigenvalue weighted by Crippen LogP contribution is -2.74. The Balaban J connectivity index is 1.04. The number of halogens is 1. The highest BCUT2D eigenvalue weighted by atomic mass is 35.5. The molecule has 2 saturated heterocycles. The number of carbonyl (C=O) groups is 2. The summed E-state index contributed by atoms with van der Waals surface area (Å²) in [5.74, 6) is 7.94. The quantitative estimate of drug-likeness (QED) is 0.253. The van der Waals surface area contributed by atoms with Crippen LogP contribution in [0, 0.1) is 35.2 Å². The zero-order valence-corrected chi connectivity index (χ0v) is 29.3. The molecule has 0 radical (unpaired) electrons. The maximum atomic E-state index is 13.7. The molecule has 8 nitrogen and oxygen atoms in total. The molecule has 0 N–H and O–H groups in total. The highest BCUT2D eigenvalue weighted by Gasteiger charge is 2.67. The molecular weight excluding hydrogens is 612 g/mol. The van der Waals surface area contributed by atoms with Crippen LogP contribution in [0.3, 0.4) is 0 Å². The highest BCUT2D eigenvalue weighted by Crippen LogP contribution is 2.59. The van der Waals surface area contributed by atoms with Crippen LogP contribution >= 0.6 is 11.6 Å². The number of nitrogens with zero attached hydrogens (tertiary/aromatic N) is 4. The number of hydrogen-bond acceptors (Lipinski definition) is 5. The van der Waals surface area contributed by atoms with Gasteiger partial charge in [0.1, 0.15) is 17.5 Å². The molecule has 47 heavy (non-hydrogen) atoms. The first-order valence-corrected chi connectivity index (χ1v) is 17.0. The van der Waals surface area contributed by atoms with Crippen LogP contribution in [0.4, 0.5) is 10.5 Å². The van der Waals surface area contributed by atoms with Crippen LogP contribution in [0.2, 0.25) is 5.02 Å². The molecule has 0 aromatic heterocycles. The molecule has 9 heteroatoms. The molecule has 6 rings (SSSR count). The fraction of sp³-hybridized carbons (Fsp3) is 0.553. The van der Waals surface area contributed by atoms with Gasteiger partial charge in [0.15, 0.2) is 0 Å². The van der Waals surface area contributed by atoms with Crippen molar-refractivity contribution < 1.29 is 19.1 Å². The number of ether oxygens (including phenoxy) is 2. The fourth-order valence-electron chi connectivity index (χ4n) is 8.39. The van der Waals surface area contributed by atoms with Crippen molar-refractivity contribution >= 4 is 29.3 Å². The van der Waals surface area contributed by atoms with Gasteiger partial charge in [0, 0.05) is 59.6 Å². The van der Waals surface area contributed by atoms with Gasteiger partial charge in [0.05, 0.1) is 11.6 Å². The van der Waals surface area contributed by atoms with E-state index in [9.17, 15) is 9.59 Å². The summed E-state index contributed by atoms with van der Waals surface area (Å²) in [5.41, 5.74) is 2.03. The summed E-state index contributed by atoms with van der Waals surface area (Å²) in [5, 5.41) is 0.375. The Labute approximate surface area is 284 Å². The van der Waals surface area contributed by atoms with Crippen LogP contribution in [0.25, 0.3) is 4.85 Å². The number of likely N-dealkylation sites (tertiary alicyclic amines) is 2. The number of fused-ring (bicyclic) bond motifs is 1. The minimum Gasteiger partial charge on any atom is -0.489 e. The molecule has 2 amide bonds. The molecule has 2 aromatic carbocycles. The maximum absolute atomic E-state index is 13.7. The van der Waals surface area contributed by atoms with Gasteiger partial charge in [-0.05, 0) is 82.6 Å². The Morgan fingerprint density at radius 2 is 1.72 bits per heavy atom. The third-order valence-electron chi connectivity index (χ3n) is 10.3. The first-order chi connectivity index (χ1) is 22.1. The first kappa shape index (κ1) is 33.2. The number of rotatable bonds is 4. The summed E-state index contributed by atoms with van der Waals surface area (Å²) >= 11 is 6.28. The maximum Gasteiger partial charge on any atom is 0.410 e. The monoisotopic (exact) mass is 656 g/mol. The Kier molecular flexibility index (Phi) is 8.52. The molecule has 0 spiro atoms. The third kappa shape index (κ3) is 6.31. The average molecular weight is 657 g/mol. The second-order valence-electron chi connectivity index (χ2n) is 15.7. The summed E-state index contributed by atoms with van der Waals surface area (Å²) in [4.78, 5) is 35.7. The Bertz CT molecular complexity index is 1660. The van der Waals surface area contributed by atoms with Crippen molar-refractivity contribution in [2.45, 2.75) is 91.6 Å². The summed E-state index contributed by atoms with van der Waals surface area (Å²) in [7, 11) is 0. The molecule has 248 valence electrons. The van der Waals surface area contributed by atoms with Crippen LogP contribution in [0.5, 0.6) is 5.75 Å². The van der Waals surface area contributed by atoms with Gasteiger partial charge in [-0.2, -0.15) is 0 Å². The largest absolute Gasteiger partial charge is 0.489 e. The predicted molar refractivity (Wildman–Crippen MR) is 183 cm³/mol. The molecule has 4 aliphatic rings. The van der Waals surface area contributed by atoms with E-state index in [0.717, 1.165) is 55.7 Å². The molecular formula is C38H45ClN4O4. The minimum absolute atomic E-state index is 0.0236. The van der Waals surface area contributed by atoms with E-state index < -0.39 is 5.60 Å². The summed E-state index contributed by atoms with van der Waals surface area (Å²) in [6.07, 6.45) is 1.65. The van der Waals surface area contributed by atoms with Gasteiger partial charge in [-0.1, -0.05) is 57.2 Å². The molecule has 0 unspecified atom stereocenters. The fourth-order valence-corrected chi connectivity index (χ4v) is 8.60. The van der Waals surface area contributed by atoms with Gasteiger partial charge in [-0.25, -0.2) is 9.64 Å². The van der Waals surface area contributed by atoms with Crippen LogP contribution < -0.4 is 4.74 Å². The molecule has 3 fully saturated rings. The smallest absolute Gasteiger partial charge is 0.410 e. The Hall–Kier alpha value is -3.72. The van der Waals surface area contributed by atoms with Crippen molar-refractivity contribution in [3.63, 3.8) is 0 Å². The highest BCUT2D eigenvalue weighted by molar-refractivity contribution is 6.33. The van der Waals surface area contributed by atoms with Crippen LogP contribution in [-0.4, -0.2) is 76.7 Å². The van der Waals surface area contributed by atoms with E-state index in [1.807, 2.05) is 37.8 Å². The van der Waals surface area contributed by atoms with E-state index in [2.05, 4.69) is 55.3 Å². The molecule has 0 atom stereocenters. The zero-order chi connectivity index (χ0) is 33.9. The van der Waals surface area contributed by atoms with Crippen molar-refractivity contribution in [3.8, 4) is 17.6 Å². The van der Waals surface area contributed by atoms with Crippen LogP contribution in [-0.2, 0) is 11.3 Å². The number of amides is 2. The Morgan fingerprint density at radius 3 is 2.34 bits per heavy atom. The van der Waals surface area contributed by atoms with Gasteiger partial charge in [-0.15, -0.1) is 0 Å². The molecule has 3 aliphatic heterocycles. The van der Waals surface area contributed by atoms with Gasteiger partial charge >= 0.3 is 6.09 Å².